The van der Waals surface area contributed by atoms with Gasteiger partial charge in [0.2, 0.25) is 0 Å². The van der Waals surface area contributed by atoms with E-state index in [1.165, 1.54) is 0 Å². The van der Waals surface area contributed by atoms with Crippen molar-refractivity contribution in [1.82, 2.24) is 19.1 Å². The van der Waals surface area contributed by atoms with E-state index in [4.69, 9.17) is 4.74 Å². The largest absolute Gasteiger partial charge is 0.393 e. The van der Waals surface area contributed by atoms with Crippen molar-refractivity contribution >= 4 is 21.9 Å². The summed E-state index contributed by atoms with van der Waals surface area (Å²) in [5, 5.41) is 10.6. The summed E-state index contributed by atoms with van der Waals surface area (Å²) in [5.74, 6) is 0. The van der Waals surface area contributed by atoms with Gasteiger partial charge in [0.1, 0.15) is 0 Å². The average Bonchev–Trinajstić information content (AvgIpc) is 2.98. The fraction of sp³-hybridized carbons (Fsp3) is 0.348. The van der Waals surface area contributed by atoms with E-state index in [0.717, 1.165) is 38.6 Å². The van der Waals surface area contributed by atoms with E-state index in [-0.39, 0.29) is 11.8 Å². The first-order chi connectivity index (χ1) is 14.4. The lowest BCUT2D eigenvalue weighted by Crippen LogP contribution is -2.27. The van der Waals surface area contributed by atoms with Crippen LogP contribution in [0.5, 0.6) is 0 Å². The first-order valence-electron chi connectivity index (χ1n) is 10.0. The van der Waals surface area contributed by atoms with E-state index in [1.807, 2.05) is 31.3 Å². The van der Waals surface area contributed by atoms with Crippen molar-refractivity contribution in [1.29, 1.82) is 0 Å². The number of aliphatic hydroxyl groups excluding tert-OH is 1. The minimum absolute atomic E-state index is 0.0887. The molecule has 0 aliphatic heterocycles. The summed E-state index contributed by atoms with van der Waals surface area (Å²) in [6.07, 6.45) is 5.36. The predicted octanol–water partition coefficient (Wildman–Crippen LogP) is 2.91. The summed E-state index contributed by atoms with van der Waals surface area (Å²) in [6.45, 7) is 4.17. The van der Waals surface area contributed by atoms with Crippen LogP contribution >= 0.6 is 0 Å². The number of nitrogens with zero attached hydrogens (tertiary/aromatic N) is 4. The molecule has 156 valence electrons. The highest BCUT2D eigenvalue weighted by Crippen LogP contribution is 2.29. The maximum absolute atomic E-state index is 12.9. The number of aromatic nitrogens is 4. The highest BCUT2D eigenvalue weighted by atomic mass is 16.5. The quantitative estimate of drug-likeness (QED) is 0.532. The Labute approximate surface area is 174 Å². The van der Waals surface area contributed by atoms with Crippen LogP contribution < -0.4 is 5.69 Å². The van der Waals surface area contributed by atoms with Gasteiger partial charge in [0.25, 0.3) is 0 Å². The van der Waals surface area contributed by atoms with Gasteiger partial charge in [0.15, 0.2) is 0 Å². The standard InChI is InChI=1S/C23H26N4O3/c1-14(28)7-16-8-18(11-24-10-16)17-5-6-20-19(9-17)22-21(12-25-20)26(3)23(29)27(22)13-15(2)30-4/h5-6,8-12,14-15,28H,7,13H2,1-4H3/t14?,15-/m0/s1. The molecule has 7 nitrogen and oxygen atoms in total. The summed E-state index contributed by atoms with van der Waals surface area (Å²) >= 11 is 0. The van der Waals surface area contributed by atoms with Crippen molar-refractivity contribution in [3.63, 3.8) is 0 Å². The maximum Gasteiger partial charge on any atom is 0.328 e. The number of aryl methyl sites for hydroxylation is 1. The molecule has 0 saturated heterocycles. The third-order valence-electron chi connectivity index (χ3n) is 5.47. The van der Waals surface area contributed by atoms with E-state index >= 15 is 0 Å². The van der Waals surface area contributed by atoms with E-state index in [0.29, 0.717) is 13.0 Å². The molecule has 0 aliphatic carbocycles. The molecule has 1 N–H and O–H groups in total. The normalized spacial score (nSPS) is 13.8. The molecule has 4 rings (SSSR count). The third-order valence-corrected chi connectivity index (χ3v) is 5.47. The van der Waals surface area contributed by atoms with Crippen molar-refractivity contribution in [2.45, 2.75) is 39.0 Å². The van der Waals surface area contributed by atoms with Gasteiger partial charge in [-0.15, -0.1) is 0 Å². The highest BCUT2D eigenvalue weighted by molar-refractivity contribution is 6.04. The summed E-state index contributed by atoms with van der Waals surface area (Å²) in [7, 11) is 3.41. The molecule has 0 bridgehead atoms. The summed E-state index contributed by atoms with van der Waals surface area (Å²) in [6, 6.07) is 8.07. The topological polar surface area (TPSA) is 82.2 Å². The summed E-state index contributed by atoms with van der Waals surface area (Å²) in [4.78, 5) is 21.8. The van der Waals surface area contributed by atoms with E-state index < -0.39 is 6.10 Å². The predicted molar refractivity (Wildman–Crippen MR) is 118 cm³/mol. The summed E-state index contributed by atoms with van der Waals surface area (Å²) in [5.41, 5.74) is 5.30. The zero-order chi connectivity index (χ0) is 21.4. The van der Waals surface area contributed by atoms with Crippen molar-refractivity contribution < 1.29 is 9.84 Å². The number of aliphatic hydroxyl groups is 1. The summed E-state index contributed by atoms with van der Waals surface area (Å²) < 4.78 is 8.79. The van der Waals surface area contributed by atoms with E-state index in [2.05, 4.69) is 16.0 Å². The molecule has 0 radical (unpaired) electrons. The van der Waals surface area contributed by atoms with Crippen LogP contribution in [0, 0.1) is 0 Å². The highest BCUT2D eigenvalue weighted by Gasteiger charge is 2.17. The van der Waals surface area contributed by atoms with Gasteiger partial charge in [-0.25, -0.2) is 4.79 Å². The second kappa shape index (κ2) is 8.01. The van der Waals surface area contributed by atoms with Gasteiger partial charge < -0.3 is 9.84 Å². The fourth-order valence-electron chi connectivity index (χ4n) is 3.86. The lowest BCUT2D eigenvalue weighted by atomic mass is 10.0. The molecule has 7 heteroatoms. The number of pyridine rings is 2. The lowest BCUT2D eigenvalue weighted by molar-refractivity contribution is 0.103. The Hall–Kier alpha value is -3.03. The van der Waals surface area contributed by atoms with Gasteiger partial charge in [-0.1, -0.05) is 6.07 Å². The average molecular weight is 406 g/mol. The molecule has 1 unspecified atom stereocenters. The van der Waals surface area contributed by atoms with Gasteiger partial charge in [-0.3, -0.25) is 19.1 Å². The molecule has 0 amide bonds. The van der Waals surface area contributed by atoms with Crippen LogP contribution in [-0.2, 0) is 24.8 Å². The van der Waals surface area contributed by atoms with Gasteiger partial charge >= 0.3 is 5.69 Å². The SMILES string of the molecule is CO[C@@H](C)Cn1c(=O)n(C)c2cnc3ccc(-c4cncc(CC(C)O)c4)cc3c21. The lowest BCUT2D eigenvalue weighted by Gasteiger charge is -2.12. The third kappa shape index (κ3) is 3.62. The van der Waals surface area contributed by atoms with Crippen molar-refractivity contribution in [2.24, 2.45) is 7.05 Å². The van der Waals surface area contributed by atoms with Crippen LogP contribution in [0.1, 0.15) is 19.4 Å². The Balaban J connectivity index is 1.93. The number of fused-ring (bicyclic) bond motifs is 3. The number of benzene rings is 1. The van der Waals surface area contributed by atoms with E-state index in [1.54, 1.807) is 42.6 Å². The molecule has 3 aromatic heterocycles. The molecule has 3 heterocycles. The zero-order valence-corrected chi connectivity index (χ0v) is 17.7. The number of hydrogen-bond acceptors (Lipinski definition) is 5. The van der Waals surface area contributed by atoms with Crippen LogP contribution in [-0.4, -0.2) is 43.5 Å². The first kappa shape index (κ1) is 20.3. The van der Waals surface area contributed by atoms with Gasteiger partial charge in [0, 0.05) is 37.5 Å². The minimum Gasteiger partial charge on any atom is -0.393 e. The van der Waals surface area contributed by atoms with E-state index in [9.17, 15) is 9.90 Å². The van der Waals surface area contributed by atoms with Gasteiger partial charge in [0.05, 0.1) is 41.5 Å². The molecule has 1 aromatic carbocycles. The van der Waals surface area contributed by atoms with Gasteiger partial charge in [-0.05, 0) is 49.6 Å². The van der Waals surface area contributed by atoms with Crippen LogP contribution in [0.25, 0.3) is 33.1 Å². The molecule has 0 fully saturated rings. The van der Waals surface area contributed by atoms with Crippen LogP contribution in [0.2, 0.25) is 0 Å². The maximum atomic E-state index is 12.9. The second-order valence-corrected chi connectivity index (χ2v) is 7.86. The molecule has 0 spiro atoms. The van der Waals surface area contributed by atoms with Crippen molar-refractivity contribution in [3.05, 3.63) is 58.9 Å². The molecule has 30 heavy (non-hydrogen) atoms. The molecular formula is C23H26N4O3. The Morgan fingerprint density at radius 2 is 1.93 bits per heavy atom. The Bertz CT molecular complexity index is 1270. The van der Waals surface area contributed by atoms with Crippen LogP contribution in [0.15, 0.2) is 47.7 Å². The van der Waals surface area contributed by atoms with Crippen LogP contribution in [0.4, 0.5) is 0 Å². The smallest absolute Gasteiger partial charge is 0.328 e. The Morgan fingerprint density at radius 1 is 1.13 bits per heavy atom. The molecule has 2 atom stereocenters. The zero-order valence-electron chi connectivity index (χ0n) is 17.7. The van der Waals surface area contributed by atoms with Gasteiger partial charge in [-0.2, -0.15) is 0 Å². The number of ether oxygens (including phenoxy) is 1. The Morgan fingerprint density at radius 3 is 2.67 bits per heavy atom. The number of imidazole rings is 1. The molecular weight excluding hydrogens is 380 g/mol. The Kier molecular flexibility index (Phi) is 5.40. The fourth-order valence-corrected chi connectivity index (χ4v) is 3.86. The number of hydrogen-bond donors (Lipinski definition) is 1. The van der Waals surface area contributed by atoms with Crippen molar-refractivity contribution in [3.8, 4) is 11.1 Å². The monoisotopic (exact) mass is 406 g/mol. The van der Waals surface area contributed by atoms with Crippen molar-refractivity contribution in [2.75, 3.05) is 7.11 Å². The molecule has 0 saturated carbocycles. The minimum atomic E-state index is -0.427. The molecule has 4 aromatic rings. The number of methoxy groups -OCH3 is 1. The van der Waals surface area contributed by atoms with Crippen LogP contribution in [0.3, 0.4) is 0 Å². The first-order valence-corrected chi connectivity index (χ1v) is 10.0. The molecule has 0 aliphatic rings. The number of rotatable bonds is 6. The second-order valence-electron chi connectivity index (χ2n) is 7.86.